The fourth-order valence-corrected chi connectivity index (χ4v) is 4.47. The first-order chi connectivity index (χ1) is 12.5. The zero-order valence-corrected chi connectivity index (χ0v) is 15.6. The van der Waals surface area contributed by atoms with Gasteiger partial charge in [-0.25, -0.2) is 8.42 Å². The minimum Gasteiger partial charge on any atom is -0.486 e. The molecule has 6 nitrogen and oxygen atoms in total. The molecule has 0 atom stereocenters. The SMILES string of the molecule is O=S(=O)(Nc1cc(Cl)ccc1N1CCCC1)c1ccc2c(c1)OCCO2. The van der Waals surface area contributed by atoms with E-state index in [1.807, 2.05) is 6.07 Å². The van der Waals surface area contributed by atoms with Gasteiger partial charge in [0.2, 0.25) is 0 Å². The average Bonchev–Trinajstić information content (AvgIpc) is 3.15. The molecule has 0 unspecified atom stereocenters. The van der Waals surface area contributed by atoms with Crippen LogP contribution in [0.4, 0.5) is 11.4 Å². The Morgan fingerprint density at radius 2 is 1.69 bits per heavy atom. The molecule has 26 heavy (non-hydrogen) atoms. The van der Waals surface area contributed by atoms with Crippen molar-refractivity contribution in [2.45, 2.75) is 17.7 Å². The van der Waals surface area contributed by atoms with Crippen molar-refractivity contribution in [3.8, 4) is 11.5 Å². The van der Waals surface area contributed by atoms with E-state index in [9.17, 15) is 8.42 Å². The van der Waals surface area contributed by atoms with E-state index >= 15 is 0 Å². The number of hydrogen-bond acceptors (Lipinski definition) is 5. The summed E-state index contributed by atoms with van der Waals surface area (Å²) in [5.74, 6) is 0.987. The summed E-state index contributed by atoms with van der Waals surface area (Å²) in [5, 5.41) is 0.479. The third kappa shape index (κ3) is 3.41. The standard InChI is InChI=1S/C18H19ClN2O4S/c19-13-3-5-16(21-7-1-2-8-21)15(11-13)20-26(22,23)14-4-6-17-18(12-14)25-10-9-24-17/h3-6,11-12,20H,1-2,7-10H2. The molecule has 2 aliphatic heterocycles. The van der Waals surface area contributed by atoms with E-state index in [-0.39, 0.29) is 4.90 Å². The van der Waals surface area contributed by atoms with Crippen LogP contribution in [0.15, 0.2) is 41.3 Å². The molecule has 0 aliphatic carbocycles. The summed E-state index contributed by atoms with van der Waals surface area (Å²) >= 11 is 6.10. The fourth-order valence-electron chi connectivity index (χ4n) is 3.22. The molecule has 8 heteroatoms. The largest absolute Gasteiger partial charge is 0.486 e. The maximum atomic E-state index is 12.9. The summed E-state index contributed by atoms with van der Waals surface area (Å²) in [6.07, 6.45) is 2.19. The van der Waals surface area contributed by atoms with Crippen LogP contribution in [-0.2, 0) is 10.0 Å². The van der Waals surface area contributed by atoms with Crippen molar-refractivity contribution in [1.29, 1.82) is 0 Å². The molecule has 0 saturated carbocycles. The molecule has 0 radical (unpaired) electrons. The van der Waals surface area contributed by atoms with Crippen molar-refractivity contribution in [1.82, 2.24) is 0 Å². The number of halogens is 1. The quantitative estimate of drug-likeness (QED) is 0.859. The normalized spacial score (nSPS) is 16.6. The molecular formula is C18H19ClN2O4S. The predicted octanol–water partition coefficient (Wildman–Crippen LogP) is 3.51. The molecule has 2 aliphatic rings. The number of rotatable bonds is 4. The predicted molar refractivity (Wildman–Crippen MR) is 101 cm³/mol. The molecule has 0 bridgehead atoms. The molecule has 1 saturated heterocycles. The van der Waals surface area contributed by atoms with E-state index in [2.05, 4.69) is 9.62 Å². The van der Waals surface area contributed by atoms with Crippen LogP contribution in [0.5, 0.6) is 11.5 Å². The van der Waals surface area contributed by atoms with Gasteiger partial charge >= 0.3 is 0 Å². The molecule has 2 aromatic rings. The van der Waals surface area contributed by atoms with Crippen molar-refractivity contribution >= 4 is 33.0 Å². The van der Waals surface area contributed by atoms with Gasteiger partial charge in [-0.2, -0.15) is 0 Å². The Balaban J connectivity index is 1.67. The van der Waals surface area contributed by atoms with Crippen LogP contribution in [0, 0.1) is 0 Å². The third-order valence-electron chi connectivity index (χ3n) is 4.47. The van der Waals surface area contributed by atoms with Gasteiger partial charge in [-0.05, 0) is 43.2 Å². The highest BCUT2D eigenvalue weighted by molar-refractivity contribution is 7.92. The van der Waals surface area contributed by atoms with E-state index in [0.717, 1.165) is 31.6 Å². The lowest BCUT2D eigenvalue weighted by Gasteiger charge is -2.23. The number of hydrogen-bond donors (Lipinski definition) is 1. The Morgan fingerprint density at radius 3 is 2.46 bits per heavy atom. The zero-order chi connectivity index (χ0) is 18.1. The summed E-state index contributed by atoms with van der Waals surface area (Å²) < 4.78 is 39.4. The first-order valence-corrected chi connectivity index (χ1v) is 10.4. The van der Waals surface area contributed by atoms with Gasteiger partial charge in [0, 0.05) is 24.2 Å². The Labute approximate surface area is 157 Å². The van der Waals surface area contributed by atoms with Gasteiger partial charge in [-0.15, -0.1) is 0 Å². The summed E-state index contributed by atoms with van der Waals surface area (Å²) in [6, 6.07) is 9.88. The number of sulfonamides is 1. The van der Waals surface area contributed by atoms with E-state index < -0.39 is 10.0 Å². The average molecular weight is 395 g/mol. The molecule has 0 aromatic heterocycles. The molecule has 0 spiro atoms. The van der Waals surface area contributed by atoms with Gasteiger partial charge in [-0.1, -0.05) is 11.6 Å². The van der Waals surface area contributed by atoms with E-state index in [1.54, 1.807) is 18.2 Å². The smallest absolute Gasteiger partial charge is 0.262 e. The number of benzene rings is 2. The molecule has 1 N–H and O–H groups in total. The van der Waals surface area contributed by atoms with Gasteiger partial charge in [0.15, 0.2) is 11.5 Å². The Kier molecular flexibility index (Phi) is 4.58. The second kappa shape index (κ2) is 6.89. The van der Waals surface area contributed by atoms with Crippen LogP contribution < -0.4 is 19.1 Å². The lowest BCUT2D eigenvalue weighted by molar-refractivity contribution is 0.171. The monoisotopic (exact) mass is 394 g/mol. The summed E-state index contributed by atoms with van der Waals surface area (Å²) in [6.45, 7) is 2.66. The number of fused-ring (bicyclic) bond motifs is 1. The van der Waals surface area contributed by atoms with Crippen LogP contribution in [0.1, 0.15) is 12.8 Å². The topological polar surface area (TPSA) is 67.9 Å². The minimum absolute atomic E-state index is 0.120. The van der Waals surface area contributed by atoms with Crippen LogP contribution in [-0.4, -0.2) is 34.7 Å². The Morgan fingerprint density at radius 1 is 0.962 bits per heavy atom. The number of nitrogens with zero attached hydrogens (tertiary/aromatic N) is 1. The minimum atomic E-state index is -3.79. The van der Waals surface area contributed by atoms with Crippen molar-refractivity contribution in [2.24, 2.45) is 0 Å². The summed E-state index contributed by atoms with van der Waals surface area (Å²) in [5.41, 5.74) is 1.32. The van der Waals surface area contributed by atoms with Gasteiger partial charge in [-0.3, -0.25) is 4.72 Å². The summed E-state index contributed by atoms with van der Waals surface area (Å²) in [4.78, 5) is 2.28. The highest BCUT2D eigenvalue weighted by atomic mass is 35.5. The third-order valence-corrected chi connectivity index (χ3v) is 6.07. The first-order valence-electron chi connectivity index (χ1n) is 8.50. The van der Waals surface area contributed by atoms with Crippen LogP contribution >= 0.6 is 11.6 Å². The second-order valence-corrected chi connectivity index (χ2v) is 8.39. The molecule has 4 rings (SSSR count). The second-order valence-electron chi connectivity index (χ2n) is 6.27. The van der Waals surface area contributed by atoms with Crippen molar-refractivity contribution < 1.29 is 17.9 Å². The number of ether oxygens (including phenoxy) is 2. The zero-order valence-electron chi connectivity index (χ0n) is 14.1. The Bertz CT molecular complexity index is 927. The lowest BCUT2D eigenvalue weighted by Crippen LogP contribution is -2.21. The van der Waals surface area contributed by atoms with Gasteiger partial charge in [0.05, 0.1) is 16.3 Å². The first kappa shape index (κ1) is 17.3. The molecule has 138 valence electrons. The van der Waals surface area contributed by atoms with Gasteiger partial charge in [0.1, 0.15) is 13.2 Å². The van der Waals surface area contributed by atoms with E-state index in [1.165, 1.54) is 12.1 Å². The summed E-state index contributed by atoms with van der Waals surface area (Å²) in [7, 11) is -3.79. The van der Waals surface area contributed by atoms with Crippen molar-refractivity contribution in [2.75, 3.05) is 35.9 Å². The van der Waals surface area contributed by atoms with Crippen LogP contribution in [0.2, 0.25) is 5.02 Å². The molecule has 0 amide bonds. The molecule has 2 aromatic carbocycles. The lowest BCUT2D eigenvalue weighted by atomic mass is 10.2. The van der Waals surface area contributed by atoms with Crippen molar-refractivity contribution in [3.63, 3.8) is 0 Å². The molecule has 2 heterocycles. The van der Waals surface area contributed by atoms with Gasteiger partial charge < -0.3 is 14.4 Å². The maximum Gasteiger partial charge on any atom is 0.262 e. The van der Waals surface area contributed by atoms with Crippen LogP contribution in [0.3, 0.4) is 0 Å². The highest BCUT2D eigenvalue weighted by Gasteiger charge is 2.23. The molecule has 1 fully saturated rings. The number of anilines is 2. The van der Waals surface area contributed by atoms with Crippen molar-refractivity contribution in [3.05, 3.63) is 41.4 Å². The Hall–Kier alpha value is -2.12. The van der Waals surface area contributed by atoms with Gasteiger partial charge in [0.25, 0.3) is 10.0 Å². The maximum absolute atomic E-state index is 12.9. The van der Waals surface area contributed by atoms with E-state index in [0.29, 0.717) is 35.4 Å². The highest BCUT2D eigenvalue weighted by Crippen LogP contribution is 2.35. The number of nitrogens with one attached hydrogen (secondary N) is 1. The fraction of sp³-hybridized carbons (Fsp3) is 0.333. The van der Waals surface area contributed by atoms with E-state index in [4.69, 9.17) is 21.1 Å². The molecular weight excluding hydrogens is 376 g/mol. The van der Waals surface area contributed by atoms with Crippen LogP contribution in [0.25, 0.3) is 0 Å².